The largest absolute Gasteiger partial charge is 0.393 e. The van der Waals surface area contributed by atoms with Gasteiger partial charge in [-0.2, -0.15) is 4.98 Å². The number of aromatic nitrogens is 2. The summed E-state index contributed by atoms with van der Waals surface area (Å²) in [5, 5.41) is 0. The molecule has 0 radical (unpaired) electrons. The van der Waals surface area contributed by atoms with Crippen LogP contribution in [0.5, 0.6) is 0 Å². The maximum absolute atomic E-state index is 11.0. The van der Waals surface area contributed by atoms with E-state index >= 15 is 0 Å². The fourth-order valence-electron chi connectivity index (χ4n) is 1.75. The number of nitrogen functional groups attached to an aromatic ring is 1. The fourth-order valence-corrected chi connectivity index (χ4v) is 1.75. The number of rotatable bonds is 2. The van der Waals surface area contributed by atoms with Crippen LogP contribution >= 0.6 is 0 Å². The number of nitrogens with two attached hydrogens (primary N) is 1. The van der Waals surface area contributed by atoms with E-state index in [1.54, 1.807) is 6.20 Å². The van der Waals surface area contributed by atoms with Gasteiger partial charge in [-0.1, -0.05) is 0 Å². The van der Waals surface area contributed by atoms with Gasteiger partial charge in [0.1, 0.15) is 5.69 Å². The lowest BCUT2D eigenvalue weighted by Crippen LogP contribution is -2.26. The molecular formula is C10H15N3O2. The minimum atomic E-state index is -0.365. The molecule has 1 fully saturated rings. The SMILES string of the molecule is Nc1cn(CC2CCCCO2)cnc1=O. The first-order valence-electron chi connectivity index (χ1n) is 5.19. The Hall–Kier alpha value is -1.36. The van der Waals surface area contributed by atoms with Crippen molar-refractivity contribution in [3.05, 3.63) is 22.9 Å². The second-order valence-electron chi connectivity index (χ2n) is 3.82. The molecule has 82 valence electrons. The van der Waals surface area contributed by atoms with Crippen LogP contribution in [0.25, 0.3) is 0 Å². The smallest absolute Gasteiger partial charge is 0.295 e. The maximum atomic E-state index is 11.0. The fraction of sp³-hybridized carbons (Fsp3) is 0.600. The Labute approximate surface area is 87.9 Å². The van der Waals surface area contributed by atoms with Crippen molar-refractivity contribution < 1.29 is 4.74 Å². The van der Waals surface area contributed by atoms with Gasteiger partial charge in [-0.25, -0.2) is 0 Å². The molecule has 1 unspecified atom stereocenters. The van der Waals surface area contributed by atoms with Gasteiger partial charge >= 0.3 is 0 Å². The van der Waals surface area contributed by atoms with Gasteiger partial charge < -0.3 is 15.0 Å². The third kappa shape index (κ3) is 2.56. The monoisotopic (exact) mass is 209 g/mol. The lowest BCUT2D eigenvalue weighted by molar-refractivity contribution is 0.00577. The number of hydrogen-bond donors (Lipinski definition) is 1. The lowest BCUT2D eigenvalue weighted by Gasteiger charge is -2.23. The zero-order chi connectivity index (χ0) is 10.7. The van der Waals surface area contributed by atoms with E-state index in [2.05, 4.69) is 4.98 Å². The van der Waals surface area contributed by atoms with Crippen molar-refractivity contribution in [1.29, 1.82) is 0 Å². The average Bonchev–Trinajstić information content (AvgIpc) is 2.25. The summed E-state index contributed by atoms with van der Waals surface area (Å²) in [4.78, 5) is 14.7. The predicted octanol–water partition coefficient (Wildman–Crippen LogP) is 0.395. The van der Waals surface area contributed by atoms with Gasteiger partial charge in [0, 0.05) is 19.3 Å². The highest BCUT2D eigenvalue weighted by atomic mass is 16.5. The van der Waals surface area contributed by atoms with Crippen LogP contribution in [0.3, 0.4) is 0 Å². The molecule has 1 aromatic rings. The lowest BCUT2D eigenvalue weighted by atomic mass is 10.1. The minimum absolute atomic E-state index is 0.188. The van der Waals surface area contributed by atoms with Gasteiger partial charge in [-0.05, 0) is 19.3 Å². The predicted molar refractivity (Wildman–Crippen MR) is 56.5 cm³/mol. The molecule has 2 N–H and O–H groups in total. The molecular weight excluding hydrogens is 194 g/mol. The quantitative estimate of drug-likeness (QED) is 0.765. The van der Waals surface area contributed by atoms with E-state index in [0.717, 1.165) is 26.0 Å². The Morgan fingerprint density at radius 2 is 2.47 bits per heavy atom. The van der Waals surface area contributed by atoms with E-state index in [1.165, 1.54) is 12.7 Å². The van der Waals surface area contributed by atoms with Crippen molar-refractivity contribution >= 4 is 5.69 Å². The Bertz CT molecular complexity index is 382. The molecule has 0 saturated carbocycles. The molecule has 1 aliphatic rings. The van der Waals surface area contributed by atoms with E-state index < -0.39 is 0 Å². The number of ether oxygens (including phenoxy) is 1. The van der Waals surface area contributed by atoms with E-state index in [-0.39, 0.29) is 17.4 Å². The highest BCUT2D eigenvalue weighted by Crippen LogP contribution is 2.14. The van der Waals surface area contributed by atoms with Crippen molar-refractivity contribution in [2.24, 2.45) is 0 Å². The van der Waals surface area contributed by atoms with Crippen molar-refractivity contribution in [3.8, 4) is 0 Å². The minimum Gasteiger partial charge on any atom is -0.393 e. The van der Waals surface area contributed by atoms with E-state index in [0.29, 0.717) is 0 Å². The zero-order valence-electron chi connectivity index (χ0n) is 8.56. The van der Waals surface area contributed by atoms with Crippen LogP contribution in [0.1, 0.15) is 19.3 Å². The summed E-state index contributed by atoms with van der Waals surface area (Å²) in [5.41, 5.74) is 5.31. The molecule has 1 aliphatic heterocycles. The normalized spacial score (nSPS) is 21.5. The van der Waals surface area contributed by atoms with Crippen LogP contribution in [0.4, 0.5) is 5.69 Å². The number of hydrogen-bond acceptors (Lipinski definition) is 4. The molecule has 0 spiro atoms. The number of anilines is 1. The molecule has 0 aromatic carbocycles. The first kappa shape index (κ1) is 10.2. The molecule has 1 saturated heterocycles. The summed E-state index contributed by atoms with van der Waals surface area (Å²) < 4.78 is 7.40. The van der Waals surface area contributed by atoms with Crippen LogP contribution in [-0.4, -0.2) is 22.3 Å². The van der Waals surface area contributed by atoms with Crippen LogP contribution in [-0.2, 0) is 11.3 Å². The third-order valence-corrected chi connectivity index (χ3v) is 2.56. The summed E-state index contributed by atoms with van der Waals surface area (Å²) in [6, 6.07) is 0. The second-order valence-corrected chi connectivity index (χ2v) is 3.82. The molecule has 15 heavy (non-hydrogen) atoms. The summed E-state index contributed by atoms with van der Waals surface area (Å²) in [7, 11) is 0. The topological polar surface area (TPSA) is 70.1 Å². The highest BCUT2D eigenvalue weighted by molar-refractivity contribution is 5.30. The molecule has 1 aromatic heterocycles. The molecule has 2 heterocycles. The second kappa shape index (κ2) is 4.44. The molecule has 2 rings (SSSR count). The summed E-state index contributed by atoms with van der Waals surface area (Å²) in [5.74, 6) is 0. The van der Waals surface area contributed by atoms with E-state index in [9.17, 15) is 4.79 Å². The molecule has 5 nitrogen and oxygen atoms in total. The highest BCUT2D eigenvalue weighted by Gasteiger charge is 2.13. The Morgan fingerprint density at radius 3 is 3.13 bits per heavy atom. The average molecular weight is 209 g/mol. The van der Waals surface area contributed by atoms with Crippen molar-refractivity contribution in [2.75, 3.05) is 12.3 Å². The van der Waals surface area contributed by atoms with Crippen LogP contribution in [0, 0.1) is 0 Å². The summed E-state index contributed by atoms with van der Waals surface area (Å²) >= 11 is 0. The van der Waals surface area contributed by atoms with Crippen LogP contribution in [0.15, 0.2) is 17.3 Å². The first-order valence-corrected chi connectivity index (χ1v) is 5.19. The van der Waals surface area contributed by atoms with Crippen LogP contribution in [0.2, 0.25) is 0 Å². The van der Waals surface area contributed by atoms with Gasteiger partial charge in [-0.15, -0.1) is 0 Å². The third-order valence-electron chi connectivity index (χ3n) is 2.56. The van der Waals surface area contributed by atoms with Gasteiger partial charge in [0.05, 0.1) is 12.4 Å². The zero-order valence-corrected chi connectivity index (χ0v) is 8.56. The van der Waals surface area contributed by atoms with Gasteiger partial charge in [0.2, 0.25) is 0 Å². The standard InChI is InChI=1S/C10H15N3O2/c11-9-6-13(7-12-10(9)14)5-8-3-1-2-4-15-8/h6-8H,1-5,11H2. The van der Waals surface area contributed by atoms with E-state index in [4.69, 9.17) is 10.5 Å². The number of nitrogens with zero attached hydrogens (tertiary/aromatic N) is 2. The first-order chi connectivity index (χ1) is 7.25. The van der Waals surface area contributed by atoms with Gasteiger partial charge in [-0.3, -0.25) is 4.79 Å². The Morgan fingerprint density at radius 1 is 1.60 bits per heavy atom. The van der Waals surface area contributed by atoms with Gasteiger partial charge in [0.25, 0.3) is 5.56 Å². The molecule has 5 heteroatoms. The molecule has 0 amide bonds. The maximum Gasteiger partial charge on any atom is 0.295 e. The molecule has 0 bridgehead atoms. The molecule has 0 aliphatic carbocycles. The van der Waals surface area contributed by atoms with Crippen LogP contribution < -0.4 is 11.3 Å². The van der Waals surface area contributed by atoms with Crippen molar-refractivity contribution in [2.45, 2.75) is 31.9 Å². The summed E-state index contributed by atoms with van der Waals surface area (Å²) in [6.07, 6.45) is 6.76. The summed E-state index contributed by atoms with van der Waals surface area (Å²) in [6.45, 7) is 1.55. The van der Waals surface area contributed by atoms with Crippen molar-refractivity contribution in [1.82, 2.24) is 9.55 Å². The Kier molecular flexibility index (Phi) is 3.01. The van der Waals surface area contributed by atoms with Crippen molar-refractivity contribution in [3.63, 3.8) is 0 Å². The van der Waals surface area contributed by atoms with E-state index in [1.807, 2.05) is 4.57 Å². The van der Waals surface area contributed by atoms with Gasteiger partial charge in [0.15, 0.2) is 0 Å². The Balaban J connectivity index is 2.03. The molecule has 1 atom stereocenters.